The van der Waals surface area contributed by atoms with Gasteiger partial charge in [-0.2, -0.15) is 13.2 Å². The van der Waals surface area contributed by atoms with Crippen LogP contribution in [-0.4, -0.2) is 73.2 Å². The van der Waals surface area contributed by atoms with Gasteiger partial charge in [0.2, 0.25) is 0 Å². The Balaban J connectivity index is 2.03. The van der Waals surface area contributed by atoms with Crippen LogP contribution in [0.25, 0.3) is 22.6 Å². The fraction of sp³-hybridized carbons (Fsp3) is 0.444. The number of aliphatic hydroxyl groups excluding tert-OH is 1. The van der Waals surface area contributed by atoms with Crippen LogP contribution >= 0.6 is 0 Å². The molecule has 0 fully saturated rings. The average molecular weight is 534 g/mol. The SMILES string of the molecule is CCCCN(CCOC)c1cc(-c2ccc(C(F)(F)F)nc2)nc(-c2cccc(OCC(O)CNC)c2)n1. The monoisotopic (exact) mass is 533 g/mol. The smallest absolute Gasteiger partial charge is 0.433 e. The van der Waals surface area contributed by atoms with Crippen LogP contribution in [0, 0.1) is 0 Å². The lowest BCUT2D eigenvalue weighted by molar-refractivity contribution is -0.141. The summed E-state index contributed by atoms with van der Waals surface area (Å²) < 4.78 is 50.2. The van der Waals surface area contributed by atoms with Crippen LogP contribution in [0.2, 0.25) is 0 Å². The number of alkyl halides is 3. The minimum absolute atomic E-state index is 0.107. The lowest BCUT2D eigenvalue weighted by Gasteiger charge is -2.24. The highest BCUT2D eigenvalue weighted by Gasteiger charge is 2.32. The molecule has 0 spiro atoms. The van der Waals surface area contributed by atoms with Crippen molar-refractivity contribution in [3.8, 4) is 28.4 Å². The van der Waals surface area contributed by atoms with E-state index in [1.807, 2.05) is 6.07 Å². The van der Waals surface area contributed by atoms with Crippen LogP contribution in [0.15, 0.2) is 48.7 Å². The minimum Gasteiger partial charge on any atom is -0.491 e. The standard InChI is InChI=1S/C27H34F3N5O3/c1-4-5-11-35(12-13-37-3)25-15-23(20-9-10-24(32-16-20)27(28,29)30)33-26(34-25)19-7-6-8-22(14-19)38-18-21(36)17-31-2/h6-10,14-16,21,31,36H,4-5,11-13,17-18H2,1-3H3. The Labute approximate surface area is 220 Å². The van der Waals surface area contributed by atoms with E-state index in [1.165, 1.54) is 12.3 Å². The molecule has 2 heterocycles. The molecule has 0 aliphatic carbocycles. The molecule has 8 nitrogen and oxygen atoms in total. The van der Waals surface area contributed by atoms with Gasteiger partial charge in [-0.1, -0.05) is 25.5 Å². The molecule has 2 aromatic heterocycles. The second-order valence-electron chi connectivity index (χ2n) is 8.75. The van der Waals surface area contributed by atoms with Gasteiger partial charge in [-0.25, -0.2) is 9.97 Å². The first-order valence-corrected chi connectivity index (χ1v) is 12.5. The van der Waals surface area contributed by atoms with Gasteiger partial charge in [0, 0.05) is 50.1 Å². The number of hydrogen-bond donors (Lipinski definition) is 2. The van der Waals surface area contributed by atoms with Gasteiger partial charge in [0.1, 0.15) is 30.0 Å². The summed E-state index contributed by atoms with van der Waals surface area (Å²) in [5.41, 5.74) is 0.579. The molecule has 1 atom stereocenters. The number of unbranched alkanes of at least 4 members (excludes halogenated alkanes) is 1. The van der Waals surface area contributed by atoms with E-state index >= 15 is 0 Å². The number of likely N-dealkylation sites (N-methyl/N-ethyl adjacent to an activating group) is 1. The van der Waals surface area contributed by atoms with E-state index in [9.17, 15) is 18.3 Å². The number of pyridine rings is 1. The summed E-state index contributed by atoms with van der Waals surface area (Å²) in [6.07, 6.45) is -2.12. The maximum Gasteiger partial charge on any atom is 0.433 e. The van der Waals surface area contributed by atoms with Crippen molar-refractivity contribution in [3.05, 3.63) is 54.4 Å². The molecule has 1 unspecified atom stereocenters. The number of benzene rings is 1. The average Bonchev–Trinajstić information content (AvgIpc) is 2.92. The van der Waals surface area contributed by atoms with Gasteiger partial charge < -0.3 is 24.8 Å². The highest BCUT2D eigenvalue weighted by atomic mass is 19.4. The number of hydrogen-bond acceptors (Lipinski definition) is 8. The molecule has 0 saturated heterocycles. The van der Waals surface area contributed by atoms with Crippen molar-refractivity contribution in [2.75, 3.05) is 51.9 Å². The Kier molecular flexibility index (Phi) is 10.8. The number of ether oxygens (including phenoxy) is 2. The van der Waals surface area contributed by atoms with Crippen LogP contribution in [0.1, 0.15) is 25.5 Å². The highest BCUT2D eigenvalue weighted by molar-refractivity contribution is 5.68. The van der Waals surface area contributed by atoms with Crippen molar-refractivity contribution in [2.45, 2.75) is 32.0 Å². The summed E-state index contributed by atoms with van der Waals surface area (Å²) in [5, 5.41) is 12.9. The van der Waals surface area contributed by atoms with Gasteiger partial charge in [0.15, 0.2) is 5.82 Å². The summed E-state index contributed by atoms with van der Waals surface area (Å²) in [4.78, 5) is 15.2. The van der Waals surface area contributed by atoms with Gasteiger partial charge in [0.05, 0.1) is 12.3 Å². The third-order valence-electron chi connectivity index (χ3n) is 5.71. The van der Waals surface area contributed by atoms with Crippen molar-refractivity contribution >= 4 is 5.82 Å². The molecule has 0 aliphatic rings. The summed E-state index contributed by atoms with van der Waals surface area (Å²) >= 11 is 0. The van der Waals surface area contributed by atoms with Crippen LogP contribution < -0.4 is 15.0 Å². The van der Waals surface area contributed by atoms with Gasteiger partial charge in [-0.05, 0) is 37.7 Å². The fourth-order valence-corrected chi connectivity index (χ4v) is 3.69. The number of nitrogens with zero attached hydrogens (tertiary/aromatic N) is 4. The van der Waals surface area contributed by atoms with Crippen molar-refractivity contribution < 1.29 is 27.8 Å². The molecule has 0 bridgehead atoms. The summed E-state index contributed by atoms with van der Waals surface area (Å²) in [5.74, 6) is 1.55. The van der Waals surface area contributed by atoms with Crippen LogP contribution in [0.3, 0.4) is 0 Å². The second-order valence-corrected chi connectivity index (χ2v) is 8.75. The second kappa shape index (κ2) is 14.0. The number of nitrogens with one attached hydrogen (secondary N) is 1. The molecule has 38 heavy (non-hydrogen) atoms. The molecule has 206 valence electrons. The summed E-state index contributed by atoms with van der Waals surface area (Å²) in [6, 6.07) is 11.2. The Morgan fingerprint density at radius 3 is 2.55 bits per heavy atom. The Hall–Kier alpha value is -3.28. The van der Waals surface area contributed by atoms with Crippen molar-refractivity contribution in [3.63, 3.8) is 0 Å². The lowest BCUT2D eigenvalue weighted by Crippen LogP contribution is -2.29. The molecule has 3 rings (SSSR count). The highest BCUT2D eigenvalue weighted by Crippen LogP contribution is 2.31. The first-order valence-electron chi connectivity index (χ1n) is 12.5. The third-order valence-corrected chi connectivity index (χ3v) is 5.71. The quantitative estimate of drug-likeness (QED) is 0.314. The normalized spacial score (nSPS) is 12.4. The van der Waals surface area contributed by atoms with Crippen molar-refractivity contribution in [1.82, 2.24) is 20.3 Å². The van der Waals surface area contributed by atoms with Gasteiger partial charge in [-0.15, -0.1) is 0 Å². The van der Waals surface area contributed by atoms with Gasteiger partial charge in [0.25, 0.3) is 0 Å². The molecule has 0 radical (unpaired) electrons. The van der Waals surface area contributed by atoms with Crippen molar-refractivity contribution in [2.24, 2.45) is 0 Å². The number of aromatic nitrogens is 3. The van der Waals surface area contributed by atoms with Crippen LogP contribution in [0.4, 0.5) is 19.0 Å². The van der Waals surface area contributed by atoms with E-state index in [0.29, 0.717) is 53.9 Å². The van der Waals surface area contributed by atoms with Crippen LogP contribution in [0.5, 0.6) is 5.75 Å². The zero-order valence-electron chi connectivity index (χ0n) is 21.8. The number of methoxy groups -OCH3 is 1. The van der Waals surface area contributed by atoms with Crippen LogP contribution in [-0.2, 0) is 10.9 Å². The van der Waals surface area contributed by atoms with Gasteiger partial charge in [-0.3, -0.25) is 4.98 Å². The molecular weight excluding hydrogens is 499 g/mol. The first kappa shape index (κ1) is 29.3. The van der Waals surface area contributed by atoms with Gasteiger partial charge >= 0.3 is 6.18 Å². The largest absolute Gasteiger partial charge is 0.491 e. The number of rotatable bonds is 14. The zero-order valence-corrected chi connectivity index (χ0v) is 21.8. The zero-order chi connectivity index (χ0) is 27.5. The molecule has 1 aromatic carbocycles. The predicted molar refractivity (Wildman–Crippen MR) is 140 cm³/mol. The predicted octanol–water partition coefficient (Wildman–Crippen LogP) is 4.44. The molecule has 2 N–H and O–H groups in total. The number of anilines is 1. The molecular formula is C27H34F3N5O3. The molecule has 0 saturated carbocycles. The maximum atomic E-state index is 13.1. The van der Waals surface area contributed by atoms with E-state index in [2.05, 4.69) is 27.1 Å². The molecule has 0 amide bonds. The third kappa shape index (κ3) is 8.37. The van der Waals surface area contributed by atoms with E-state index in [0.717, 1.165) is 25.5 Å². The summed E-state index contributed by atoms with van der Waals surface area (Å²) in [6.45, 7) is 4.40. The van der Waals surface area contributed by atoms with E-state index in [1.54, 1.807) is 38.4 Å². The Bertz CT molecular complexity index is 1140. The Morgan fingerprint density at radius 1 is 1.08 bits per heavy atom. The number of halogens is 3. The van der Waals surface area contributed by atoms with E-state index in [-0.39, 0.29) is 6.61 Å². The molecule has 11 heteroatoms. The topological polar surface area (TPSA) is 92.6 Å². The Morgan fingerprint density at radius 2 is 1.89 bits per heavy atom. The molecule has 3 aromatic rings. The fourth-order valence-electron chi connectivity index (χ4n) is 3.69. The van der Waals surface area contributed by atoms with Crippen molar-refractivity contribution in [1.29, 1.82) is 0 Å². The minimum atomic E-state index is -4.53. The first-order chi connectivity index (χ1) is 18.2. The maximum absolute atomic E-state index is 13.1. The lowest BCUT2D eigenvalue weighted by atomic mass is 10.1. The molecule has 0 aliphatic heterocycles. The van der Waals surface area contributed by atoms with E-state index < -0.39 is 18.0 Å². The number of aliphatic hydroxyl groups is 1. The van der Waals surface area contributed by atoms with E-state index in [4.69, 9.17) is 14.5 Å². The summed E-state index contributed by atoms with van der Waals surface area (Å²) in [7, 11) is 3.37.